The Balaban J connectivity index is 2.17. The highest BCUT2D eigenvalue weighted by Gasteiger charge is 2.57. The maximum absolute atomic E-state index is 11.8. The van der Waals surface area contributed by atoms with Crippen molar-refractivity contribution in [3.63, 3.8) is 0 Å². The molecule has 2 aliphatic rings. The molecule has 6 heteroatoms. The van der Waals surface area contributed by atoms with Crippen LogP contribution in [-0.2, 0) is 4.74 Å². The van der Waals surface area contributed by atoms with Gasteiger partial charge in [-0.15, -0.1) is 0 Å². The number of esters is 1. The largest absolute Gasteiger partial charge is 0.465 e. The lowest BCUT2D eigenvalue weighted by atomic mass is 9.52. The van der Waals surface area contributed by atoms with Crippen LogP contribution < -0.4 is 0 Å². The average molecular weight is 415 g/mol. The summed E-state index contributed by atoms with van der Waals surface area (Å²) in [5.41, 5.74) is 0.0439. The Bertz CT molecular complexity index is 1040. The molecule has 0 spiro atoms. The number of carbonyl (C=O) groups is 1. The van der Waals surface area contributed by atoms with Crippen LogP contribution in [-0.4, -0.2) is 18.8 Å². The highest BCUT2D eigenvalue weighted by molar-refractivity contribution is 6.01. The zero-order valence-corrected chi connectivity index (χ0v) is 18.3. The molecule has 0 radical (unpaired) electrons. The van der Waals surface area contributed by atoms with Crippen molar-refractivity contribution in [2.45, 2.75) is 39.5 Å². The van der Waals surface area contributed by atoms with E-state index in [2.05, 4.69) is 39.0 Å². The number of nitrogens with zero attached hydrogens (tertiary/aromatic N) is 3. The van der Waals surface area contributed by atoms with Gasteiger partial charge in [-0.3, -0.25) is 0 Å². The first-order valence-electron chi connectivity index (χ1n) is 10.3. The number of methoxy groups -OCH3 is 1. The number of benzene rings is 1. The molecule has 4 atom stereocenters. The molecule has 1 saturated carbocycles. The van der Waals surface area contributed by atoms with Gasteiger partial charge in [0.25, 0.3) is 0 Å². The number of fused-ring (bicyclic) bond motifs is 1. The van der Waals surface area contributed by atoms with Gasteiger partial charge >= 0.3 is 5.97 Å². The van der Waals surface area contributed by atoms with Crippen LogP contribution in [0.25, 0.3) is 0 Å². The SMILES string of the molecule is COC(=O)c1ccc([C@H]2[C@@H](C#N)C(=N)C(C#N)(C#N)C3=CC[C@H](C(C)(C)C)C[C@@H]32)cc1. The van der Waals surface area contributed by atoms with Crippen molar-refractivity contribution in [2.24, 2.45) is 28.6 Å². The maximum Gasteiger partial charge on any atom is 0.337 e. The van der Waals surface area contributed by atoms with Crippen molar-refractivity contribution in [3.8, 4) is 18.2 Å². The van der Waals surface area contributed by atoms with E-state index in [0.717, 1.165) is 18.4 Å². The van der Waals surface area contributed by atoms with Crippen LogP contribution in [0.15, 0.2) is 35.9 Å². The average Bonchev–Trinajstić information content (AvgIpc) is 2.77. The molecule has 0 heterocycles. The second kappa shape index (κ2) is 8.01. The molecule has 1 N–H and O–H groups in total. The van der Waals surface area contributed by atoms with Crippen LogP contribution >= 0.6 is 0 Å². The summed E-state index contributed by atoms with van der Waals surface area (Å²) in [6, 6.07) is 13.3. The zero-order chi connectivity index (χ0) is 23.0. The smallest absolute Gasteiger partial charge is 0.337 e. The molecule has 0 saturated heterocycles. The van der Waals surface area contributed by atoms with Crippen LogP contribution in [0.3, 0.4) is 0 Å². The Morgan fingerprint density at radius 3 is 2.26 bits per heavy atom. The van der Waals surface area contributed by atoms with Crippen molar-refractivity contribution in [2.75, 3.05) is 7.11 Å². The zero-order valence-electron chi connectivity index (χ0n) is 18.3. The summed E-state index contributed by atoms with van der Waals surface area (Å²) >= 11 is 0. The number of nitrogens with one attached hydrogen (secondary N) is 1. The Morgan fingerprint density at radius 2 is 1.77 bits per heavy atom. The van der Waals surface area contributed by atoms with E-state index in [0.29, 0.717) is 17.1 Å². The Labute approximate surface area is 183 Å². The molecule has 158 valence electrons. The normalized spacial score (nSPS) is 27.0. The lowest BCUT2D eigenvalue weighted by molar-refractivity contribution is 0.0600. The highest BCUT2D eigenvalue weighted by Crippen LogP contribution is 2.56. The summed E-state index contributed by atoms with van der Waals surface area (Å²) in [4.78, 5) is 11.8. The molecule has 6 nitrogen and oxygen atoms in total. The third-order valence-electron chi connectivity index (χ3n) is 6.92. The molecular weight excluding hydrogens is 388 g/mol. The molecule has 3 rings (SSSR count). The molecular formula is C25H26N4O2. The van der Waals surface area contributed by atoms with Crippen LogP contribution in [0.4, 0.5) is 0 Å². The fourth-order valence-electron chi connectivity index (χ4n) is 5.03. The Morgan fingerprint density at radius 1 is 1.16 bits per heavy atom. The molecule has 31 heavy (non-hydrogen) atoms. The van der Waals surface area contributed by atoms with Crippen LogP contribution in [0.1, 0.15) is 55.5 Å². The first kappa shape index (κ1) is 22.3. The van der Waals surface area contributed by atoms with Gasteiger partial charge in [-0.25, -0.2) is 4.79 Å². The van der Waals surface area contributed by atoms with E-state index in [1.54, 1.807) is 24.3 Å². The van der Waals surface area contributed by atoms with Crippen molar-refractivity contribution >= 4 is 11.7 Å². The first-order valence-corrected chi connectivity index (χ1v) is 10.3. The predicted octanol–water partition coefficient (Wildman–Crippen LogP) is 4.76. The molecule has 0 bridgehead atoms. The van der Waals surface area contributed by atoms with E-state index in [9.17, 15) is 20.6 Å². The topological polar surface area (TPSA) is 122 Å². The van der Waals surface area contributed by atoms with Gasteiger partial charge in [0.05, 0.1) is 42.5 Å². The fourth-order valence-corrected chi connectivity index (χ4v) is 5.03. The number of nitriles is 3. The highest BCUT2D eigenvalue weighted by atomic mass is 16.5. The van der Waals surface area contributed by atoms with Gasteiger partial charge in [0.1, 0.15) is 0 Å². The maximum atomic E-state index is 11.8. The lowest BCUT2D eigenvalue weighted by Crippen LogP contribution is -2.49. The van der Waals surface area contributed by atoms with E-state index in [-0.39, 0.29) is 23.0 Å². The standard InChI is InChI=1S/C25H26N4O2/c1-24(2,3)17-9-10-20-18(11-17)21(15-5-7-16(8-6-15)23(30)31-4)19(12-26)22(29)25(20,13-27)14-28/h5-8,10,17-19,21,29H,9,11H2,1-4H3/t17-,18-,19+,21+/m0/s1. The van der Waals surface area contributed by atoms with Gasteiger partial charge in [-0.05, 0) is 53.4 Å². The van der Waals surface area contributed by atoms with E-state index < -0.39 is 17.3 Å². The number of hydrogen-bond donors (Lipinski definition) is 1. The molecule has 0 unspecified atom stereocenters. The number of ether oxygens (including phenoxy) is 1. The van der Waals surface area contributed by atoms with Crippen molar-refractivity contribution < 1.29 is 9.53 Å². The van der Waals surface area contributed by atoms with Gasteiger partial charge in [0.15, 0.2) is 0 Å². The first-order chi connectivity index (χ1) is 14.6. The lowest BCUT2D eigenvalue weighted by Gasteiger charge is -2.48. The van der Waals surface area contributed by atoms with Gasteiger partial charge in [0, 0.05) is 5.92 Å². The summed E-state index contributed by atoms with van der Waals surface area (Å²) in [6.07, 6.45) is 3.43. The third kappa shape index (κ3) is 3.51. The second-order valence-corrected chi connectivity index (χ2v) is 9.43. The molecule has 1 aromatic rings. The molecule has 1 fully saturated rings. The minimum absolute atomic E-state index is 0.0242. The minimum atomic E-state index is -1.70. The molecule has 0 aliphatic heterocycles. The van der Waals surface area contributed by atoms with E-state index in [4.69, 9.17) is 10.1 Å². The summed E-state index contributed by atoms with van der Waals surface area (Å²) in [5.74, 6) is -1.60. The number of allylic oxidation sites excluding steroid dienone is 2. The molecule has 2 aliphatic carbocycles. The quantitative estimate of drug-likeness (QED) is 0.552. The van der Waals surface area contributed by atoms with E-state index >= 15 is 0 Å². The van der Waals surface area contributed by atoms with Gasteiger partial charge in [-0.2, -0.15) is 15.8 Å². The molecule has 0 amide bonds. The molecule has 1 aromatic carbocycles. The van der Waals surface area contributed by atoms with Crippen LogP contribution in [0, 0.1) is 68.0 Å². The fraction of sp³-hybridized carbons (Fsp3) is 0.480. The summed E-state index contributed by atoms with van der Waals surface area (Å²) in [5, 5.41) is 38.6. The number of rotatable bonds is 2. The second-order valence-electron chi connectivity index (χ2n) is 9.43. The van der Waals surface area contributed by atoms with Gasteiger partial charge in [-0.1, -0.05) is 39.0 Å². The van der Waals surface area contributed by atoms with E-state index in [1.807, 2.05) is 6.08 Å². The number of hydrogen-bond acceptors (Lipinski definition) is 6. The van der Waals surface area contributed by atoms with Crippen LogP contribution in [0.2, 0.25) is 0 Å². The minimum Gasteiger partial charge on any atom is -0.465 e. The predicted molar refractivity (Wildman–Crippen MR) is 115 cm³/mol. The van der Waals surface area contributed by atoms with Gasteiger partial charge < -0.3 is 10.1 Å². The summed E-state index contributed by atoms with van der Waals surface area (Å²) < 4.78 is 4.77. The van der Waals surface area contributed by atoms with Crippen molar-refractivity contribution in [3.05, 3.63) is 47.0 Å². The summed E-state index contributed by atoms with van der Waals surface area (Å²) in [6.45, 7) is 6.52. The third-order valence-corrected chi connectivity index (χ3v) is 6.92. The van der Waals surface area contributed by atoms with E-state index in [1.165, 1.54) is 7.11 Å². The van der Waals surface area contributed by atoms with Crippen molar-refractivity contribution in [1.82, 2.24) is 0 Å². The van der Waals surface area contributed by atoms with Crippen LogP contribution in [0.5, 0.6) is 0 Å². The summed E-state index contributed by atoms with van der Waals surface area (Å²) in [7, 11) is 1.32. The Hall–Kier alpha value is -3.43. The monoisotopic (exact) mass is 414 g/mol. The van der Waals surface area contributed by atoms with Gasteiger partial charge in [0.2, 0.25) is 5.41 Å². The van der Waals surface area contributed by atoms with Crippen molar-refractivity contribution in [1.29, 1.82) is 21.2 Å². The molecule has 0 aromatic heterocycles. The Kier molecular flexibility index (Phi) is 5.75. The number of carbonyl (C=O) groups excluding carboxylic acids is 1.